The van der Waals surface area contributed by atoms with Crippen molar-refractivity contribution in [2.75, 3.05) is 5.73 Å². The highest BCUT2D eigenvalue weighted by Gasteiger charge is 2.24. The van der Waals surface area contributed by atoms with E-state index >= 15 is 0 Å². The van der Waals surface area contributed by atoms with Crippen LogP contribution >= 0.6 is 0 Å². The van der Waals surface area contributed by atoms with Crippen LogP contribution in [0.25, 0.3) is 11.1 Å². The van der Waals surface area contributed by atoms with Gasteiger partial charge in [0.25, 0.3) is 11.2 Å². The number of nitro benzene ring substituents is 1. The van der Waals surface area contributed by atoms with E-state index in [-0.39, 0.29) is 33.8 Å². The number of pyridine rings is 1. The van der Waals surface area contributed by atoms with Crippen molar-refractivity contribution in [3.63, 3.8) is 0 Å². The van der Waals surface area contributed by atoms with E-state index in [4.69, 9.17) is 11.0 Å². The zero-order chi connectivity index (χ0) is 17.3. The molecule has 0 radical (unpaired) electrons. The summed E-state index contributed by atoms with van der Waals surface area (Å²) in [6.45, 7) is 1.42. The van der Waals surface area contributed by atoms with Gasteiger partial charge >= 0.3 is 0 Å². The summed E-state index contributed by atoms with van der Waals surface area (Å²) in [5, 5.41) is 39.5. The van der Waals surface area contributed by atoms with Crippen LogP contribution in [0.15, 0.2) is 16.9 Å². The fourth-order valence-corrected chi connectivity index (χ4v) is 2.19. The molecular weight excluding hydrogens is 302 g/mol. The minimum Gasteiger partial charge on any atom is -0.507 e. The van der Waals surface area contributed by atoms with Gasteiger partial charge in [-0.15, -0.1) is 0 Å². The maximum absolute atomic E-state index is 11.8. The van der Waals surface area contributed by atoms with E-state index in [0.29, 0.717) is 0 Å². The summed E-state index contributed by atoms with van der Waals surface area (Å²) in [5.41, 5.74) is 3.42. The molecule has 0 aliphatic heterocycles. The van der Waals surface area contributed by atoms with Crippen LogP contribution in [-0.2, 0) is 0 Å². The summed E-state index contributed by atoms with van der Waals surface area (Å²) >= 11 is 0. The van der Waals surface area contributed by atoms with Crippen LogP contribution in [0.5, 0.6) is 5.75 Å². The maximum Gasteiger partial charge on any atom is 0.273 e. The van der Waals surface area contributed by atoms with Crippen LogP contribution in [0.2, 0.25) is 0 Å². The maximum atomic E-state index is 11.8. The van der Waals surface area contributed by atoms with Gasteiger partial charge in [0.05, 0.1) is 4.92 Å². The number of hydrogen-bond donors (Lipinski definition) is 3. The summed E-state index contributed by atoms with van der Waals surface area (Å²) in [6.07, 6.45) is 0. The van der Waals surface area contributed by atoms with Crippen molar-refractivity contribution in [2.45, 2.75) is 6.92 Å². The van der Waals surface area contributed by atoms with E-state index in [1.807, 2.05) is 0 Å². The second-order valence-corrected chi connectivity index (χ2v) is 4.63. The molecule has 0 amide bonds. The van der Waals surface area contributed by atoms with Gasteiger partial charge in [-0.2, -0.15) is 10.5 Å². The number of hydrogen-bond acceptors (Lipinski definition) is 7. The van der Waals surface area contributed by atoms with E-state index < -0.39 is 21.8 Å². The average molecular weight is 311 g/mol. The number of phenolic OH excluding ortho intramolecular Hbond substituents is 1. The number of nitrogens with zero attached hydrogens (tertiary/aromatic N) is 3. The standard InChI is InChI=1S/C14H9N5O4/c1-6-2-11(20)7(3-10(6)19(22)23)12-8(4-15)13(17)18-14(21)9(12)5-16/h2-3,20H,1H3,(H3,17,18,21). The highest BCUT2D eigenvalue weighted by Crippen LogP contribution is 2.38. The summed E-state index contributed by atoms with van der Waals surface area (Å²) in [7, 11) is 0. The molecule has 0 aliphatic rings. The summed E-state index contributed by atoms with van der Waals surface area (Å²) < 4.78 is 0. The molecule has 23 heavy (non-hydrogen) atoms. The molecule has 9 nitrogen and oxygen atoms in total. The molecule has 1 aromatic heterocycles. The van der Waals surface area contributed by atoms with Crippen molar-refractivity contribution in [1.82, 2.24) is 4.98 Å². The quantitative estimate of drug-likeness (QED) is 0.553. The number of aryl methyl sites for hydroxylation is 1. The van der Waals surface area contributed by atoms with Crippen LogP contribution in [-0.4, -0.2) is 15.0 Å². The molecule has 0 fully saturated rings. The van der Waals surface area contributed by atoms with E-state index in [2.05, 4.69) is 4.98 Å². The third kappa shape index (κ3) is 2.43. The Balaban J connectivity index is 3.02. The Morgan fingerprint density at radius 2 is 1.91 bits per heavy atom. The van der Waals surface area contributed by atoms with Gasteiger partial charge in [-0.25, -0.2) is 0 Å². The third-order valence-corrected chi connectivity index (χ3v) is 3.25. The molecule has 1 aromatic carbocycles. The number of H-pyrrole nitrogens is 1. The second-order valence-electron chi connectivity index (χ2n) is 4.63. The molecule has 0 saturated heterocycles. The average Bonchev–Trinajstić information content (AvgIpc) is 2.46. The normalized spacial score (nSPS) is 9.87. The molecule has 2 rings (SSSR count). The van der Waals surface area contributed by atoms with Crippen LogP contribution < -0.4 is 11.3 Å². The summed E-state index contributed by atoms with van der Waals surface area (Å²) in [6, 6.07) is 5.47. The Morgan fingerprint density at radius 3 is 2.43 bits per heavy atom. The SMILES string of the molecule is Cc1cc(O)c(-c2c(C#N)c(N)[nH]c(=O)c2C#N)cc1[N+](=O)[O-]. The van der Waals surface area contributed by atoms with Gasteiger partial charge in [0, 0.05) is 22.8 Å². The van der Waals surface area contributed by atoms with Crippen molar-refractivity contribution < 1.29 is 10.0 Å². The first-order valence-electron chi connectivity index (χ1n) is 6.16. The number of aromatic amines is 1. The van der Waals surface area contributed by atoms with E-state index in [9.17, 15) is 25.3 Å². The van der Waals surface area contributed by atoms with Gasteiger partial charge in [-0.05, 0) is 13.0 Å². The van der Waals surface area contributed by atoms with Crippen molar-refractivity contribution in [3.8, 4) is 29.0 Å². The number of nitrogens with one attached hydrogen (secondary N) is 1. The topological polar surface area (TPSA) is 170 Å². The number of rotatable bonds is 2. The number of nitrogens with two attached hydrogens (primary N) is 1. The van der Waals surface area contributed by atoms with Gasteiger partial charge < -0.3 is 15.8 Å². The number of anilines is 1. The molecule has 0 saturated carbocycles. The predicted molar refractivity (Wildman–Crippen MR) is 79.4 cm³/mol. The Kier molecular flexibility index (Phi) is 3.72. The highest BCUT2D eigenvalue weighted by atomic mass is 16.6. The lowest BCUT2D eigenvalue weighted by molar-refractivity contribution is -0.385. The second kappa shape index (κ2) is 5.50. The van der Waals surface area contributed by atoms with Crippen molar-refractivity contribution in [2.24, 2.45) is 0 Å². The zero-order valence-corrected chi connectivity index (χ0v) is 11.7. The van der Waals surface area contributed by atoms with Crippen LogP contribution in [0.3, 0.4) is 0 Å². The van der Waals surface area contributed by atoms with Crippen molar-refractivity contribution >= 4 is 11.5 Å². The lowest BCUT2D eigenvalue weighted by Crippen LogP contribution is -2.16. The number of nitriles is 2. The number of benzene rings is 1. The smallest absolute Gasteiger partial charge is 0.273 e. The number of aromatic hydroxyl groups is 1. The van der Waals surface area contributed by atoms with Gasteiger partial charge in [0.2, 0.25) is 0 Å². The number of nitro groups is 1. The van der Waals surface area contributed by atoms with Crippen molar-refractivity contribution in [3.05, 3.63) is 49.3 Å². The fourth-order valence-electron chi connectivity index (χ4n) is 2.19. The molecule has 0 unspecified atom stereocenters. The molecule has 2 aromatic rings. The van der Waals surface area contributed by atoms with Gasteiger partial charge in [-0.1, -0.05) is 0 Å². The van der Waals surface area contributed by atoms with Gasteiger partial charge in [0.1, 0.15) is 34.8 Å². The number of aromatic nitrogens is 1. The van der Waals surface area contributed by atoms with Crippen LogP contribution in [0.4, 0.5) is 11.5 Å². The number of nitrogen functional groups attached to an aromatic ring is 1. The highest BCUT2D eigenvalue weighted by molar-refractivity contribution is 5.84. The molecular formula is C14H9N5O4. The first-order chi connectivity index (χ1) is 10.8. The number of phenols is 1. The third-order valence-electron chi connectivity index (χ3n) is 3.25. The Morgan fingerprint density at radius 1 is 1.30 bits per heavy atom. The molecule has 0 aliphatic carbocycles. The molecule has 0 spiro atoms. The fraction of sp³-hybridized carbons (Fsp3) is 0.0714. The Bertz CT molecular complexity index is 979. The zero-order valence-electron chi connectivity index (χ0n) is 11.7. The summed E-state index contributed by atoms with van der Waals surface area (Å²) in [5.74, 6) is -0.708. The first kappa shape index (κ1) is 15.5. The lowest BCUT2D eigenvalue weighted by atomic mass is 9.94. The van der Waals surface area contributed by atoms with Crippen LogP contribution in [0, 0.1) is 39.7 Å². The van der Waals surface area contributed by atoms with Crippen molar-refractivity contribution in [1.29, 1.82) is 10.5 Å². The molecule has 114 valence electrons. The monoisotopic (exact) mass is 311 g/mol. The van der Waals surface area contributed by atoms with Crippen LogP contribution in [0.1, 0.15) is 16.7 Å². The minimum absolute atomic E-state index is 0.186. The van der Waals surface area contributed by atoms with E-state index in [1.165, 1.54) is 6.92 Å². The molecule has 9 heteroatoms. The van der Waals surface area contributed by atoms with Gasteiger partial charge in [-0.3, -0.25) is 14.9 Å². The molecule has 1 heterocycles. The predicted octanol–water partition coefficient (Wildman–Crippen LogP) is 1.29. The van der Waals surface area contributed by atoms with Gasteiger partial charge in [0.15, 0.2) is 0 Å². The van der Waals surface area contributed by atoms with E-state index in [0.717, 1.165) is 12.1 Å². The lowest BCUT2D eigenvalue weighted by Gasteiger charge is -2.11. The largest absolute Gasteiger partial charge is 0.507 e. The summed E-state index contributed by atoms with van der Waals surface area (Å²) in [4.78, 5) is 24.4. The molecule has 4 N–H and O–H groups in total. The Labute approximate surface area is 129 Å². The van der Waals surface area contributed by atoms with E-state index in [1.54, 1.807) is 12.1 Å². The molecule has 0 atom stereocenters. The minimum atomic E-state index is -0.860. The Hall–Kier alpha value is -3.85. The molecule has 0 bridgehead atoms. The first-order valence-corrected chi connectivity index (χ1v) is 6.16.